The number of hydrogen-bond acceptors (Lipinski definition) is 3. The molecular formula is C20H13Cl2F2N3O3. The minimum absolute atomic E-state index is 0.0312. The molecule has 3 aromatic rings. The summed E-state index contributed by atoms with van der Waals surface area (Å²) in [6, 6.07) is 7.51. The van der Waals surface area contributed by atoms with E-state index in [2.05, 4.69) is 10.3 Å². The van der Waals surface area contributed by atoms with E-state index in [4.69, 9.17) is 28.3 Å². The summed E-state index contributed by atoms with van der Waals surface area (Å²) in [7, 11) is 0. The molecule has 10 heteroatoms. The second-order valence-electron chi connectivity index (χ2n) is 6.78. The fourth-order valence-corrected chi connectivity index (χ4v) is 3.76. The highest BCUT2D eigenvalue weighted by molar-refractivity contribution is 6.39. The van der Waals surface area contributed by atoms with Crippen molar-refractivity contribution in [3.05, 3.63) is 52.4 Å². The second kappa shape index (κ2) is 7.70. The number of hydrogen-bond donors (Lipinski definition) is 3. The Kier molecular flexibility index (Phi) is 5.21. The van der Waals surface area contributed by atoms with Crippen molar-refractivity contribution in [2.75, 3.05) is 10.6 Å². The number of nitrogens with zero attached hydrogens (tertiary/aromatic N) is 1. The van der Waals surface area contributed by atoms with Crippen molar-refractivity contribution in [3.63, 3.8) is 0 Å². The topological polar surface area (TPSA) is 91.3 Å². The SMILES string of the molecule is O=C(O)Nc1c(F)c(-c2c(Cl)cccc2Cl)cc2cc(NC(=O)C3CC3F)ncc12. The molecular weight excluding hydrogens is 439 g/mol. The third-order valence-corrected chi connectivity index (χ3v) is 5.36. The summed E-state index contributed by atoms with van der Waals surface area (Å²) in [5, 5.41) is 14.6. The van der Waals surface area contributed by atoms with Gasteiger partial charge in [0, 0.05) is 32.8 Å². The Balaban J connectivity index is 1.88. The molecule has 0 radical (unpaired) electrons. The molecule has 1 saturated carbocycles. The Labute approximate surface area is 178 Å². The number of amides is 2. The van der Waals surface area contributed by atoms with Crippen LogP contribution in [0, 0.1) is 11.7 Å². The average Bonchev–Trinajstić information content (AvgIpc) is 3.41. The van der Waals surface area contributed by atoms with Crippen molar-refractivity contribution in [2.24, 2.45) is 5.92 Å². The number of rotatable bonds is 4. The van der Waals surface area contributed by atoms with Gasteiger partial charge < -0.3 is 10.4 Å². The van der Waals surface area contributed by atoms with Gasteiger partial charge in [-0.25, -0.2) is 18.6 Å². The lowest BCUT2D eigenvalue weighted by Gasteiger charge is -2.15. The first-order valence-corrected chi connectivity index (χ1v) is 9.53. The lowest BCUT2D eigenvalue weighted by atomic mass is 9.99. The predicted molar refractivity (Wildman–Crippen MR) is 110 cm³/mol. The Morgan fingerprint density at radius 2 is 1.83 bits per heavy atom. The van der Waals surface area contributed by atoms with Gasteiger partial charge in [0.05, 0.1) is 11.6 Å². The van der Waals surface area contributed by atoms with Gasteiger partial charge in [-0.15, -0.1) is 0 Å². The molecule has 0 bridgehead atoms. The van der Waals surface area contributed by atoms with Gasteiger partial charge in [0.25, 0.3) is 0 Å². The summed E-state index contributed by atoms with van der Waals surface area (Å²) in [5.74, 6) is -1.97. The number of carbonyl (C=O) groups excluding carboxylic acids is 1. The number of fused-ring (bicyclic) bond motifs is 1. The monoisotopic (exact) mass is 451 g/mol. The standard InChI is InChI=1S/C20H13Cl2F2N3O3/c21-12-2-1-3-13(22)16(12)10-4-8-5-15(26-19(28)9-6-14(9)23)25-7-11(8)18(17(10)24)27-20(29)30/h1-5,7,9,14,27H,6H2,(H,29,30)(H,25,26,28). The highest BCUT2D eigenvalue weighted by Gasteiger charge is 2.43. The Hall–Kier alpha value is -2.97. The van der Waals surface area contributed by atoms with Crippen molar-refractivity contribution in [2.45, 2.75) is 12.6 Å². The normalized spacial score (nSPS) is 17.6. The van der Waals surface area contributed by atoms with E-state index in [0.29, 0.717) is 5.39 Å². The van der Waals surface area contributed by atoms with Gasteiger partial charge in [-0.2, -0.15) is 0 Å². The molecule has 0 aliphatic heterocycles. The minimum atomic E-state index is -1.47. The zero-order valence-electron chi connectivity index (χ0n) is 15.0. The minimum Gasteiger partial charge on any atom is -0.465 e. The number of carboxylic acid groups (broad SMARTS) is 1. The van der Waals surface area contributed by atoms with Gasteiger partial charge in [0.2, 0.25) is 5.91 Å². The van der Waals surface area contributed by atoms with Crippen LogP contribution in [0.1, 0.15) is 6.42 Å². The van der Waals surface area contributed by atoms with Crippen molar-refractivity contribution in [1.82, 2.24) is 4.98 Å². The van der Waals surface area contributed by atoms with Crippen LogP contribution in [0.15, 0.2) is 36.5 Å². The molecule has 4 rings (SSSR count). The molecule has 3 N–H and O–H groups in total. The third-order valence-electron chi connectivity index (χ3n) is 4.73. The number of carbonyl (C=O) groups is 2. The maximum Gasteiger partial charge on any atom is 0.409 e. The highest BCUT2D eigenvalue weighted by atomic mass is 35.5. The molecule has 1 fully saturated rings. The number of anilines is 2. The highest BCUT2D eigenvalue weighted by Crippen LogP contribution is 2.41. The predicted octanol–water partition coefficient (Wildman–Crippen LogP) is 5.73. The molecule has 6 nitrogen and oxygen atoms in total. The van der Waals surface area contributed by atoms with Gasteiger partial charge in [-0.1, -0.05) is 29.3 Å². The number of alkyl halides is 1. The summed E-state index contributed by atoms with van der Waals surface area (Å²) in [5.41, 5.74) is -0.173. The third kappa shape index (κ3) is 3.76. The summed E-state index contributed by atoms with van der Waals surface area (Å²) in [6.07, 6.45) is -1.26. The maximum absolute atomic E-state index is 15.3. The number of halogens is 4. The average molecular weight is 452 g/mol. The fourth-order valence-electron chi connectivity index (χ4n) is 3.16. The van der Waals surface area contributed by atoms with Crippen LogP contribution in [0.5, 0.6) is 0 Å². The number of aromatic nitrogens is 1. The molecule has 0 saturated heterocycles. The zero-order chi connectivity index (χ0) is 21.6. The van der Waals surface area contributed by atoms with Gasteiger partial charge in [0.15, 0.2) is 5.82 Å². The van der Waals surface area contributed by atoms with Gasteiger partial charge >= 0.3 is 6.09 Å². The summed E-state index contributed by atoms with van der Waals surface area (Å²) < 4.78 is 28.4. The zero-order valence-corrected chi connectivity index (χ0v) is 16.6. The maximum atomic E-state index is 15.3. The van der Waals surface area contributed by atoms with Crippen molar-refractivity contribution in [1.29, 1.82) is 0 Å². The molecule has 1 aromatic heterocycles. The van der Waals surface area contributed by atoms with Crippen molar-refractivity contribution in [3.8, 4) is 11.1 Å². The first kappa shape index (κ1) is 20.3. The molecule has 1 heterocycles. The summed E-state index contributed by atoms with van der Waals surface area (Å²) in [4.78, 5) is 27.2. The first-order valence-electron chi connectivity index (χ1n) is 8.77. The van der Waals surface area contributed by atoms with Crippen LogP contribution in [0.4, 0.5) is 25.1 Å². The van der Waals surface area contributed by atoms with Crippen LogP contribution in [-0.4, -0.2) is 28.3 Å². The van der Waals surface area contributed by atoms with E-state index in [-0.39, 0.29) is 44.5 Å². The van der Waals surface area contributed by atoms with Crippen molar-refractivity contribution >= 4 is 57.5 Å². The van der Waals surface area contributed by atoms with Crippen LogP contribution < -0.4 is 10.6 Å². The van der Waals surface area contributed by atoms with E-state index in [0.717, 1.165) is 0 Å². The molecule has 2 aromatic carbocycles. The quantitative estimate of drug-likeness (QED) is 0.471. The molecule has 2 unspecified atom stereocenters. The van der Waals surface area contributed by atoms with E-state index in [1.807, 2.05) is 5.32 Å². The van der Waals surface area contributed by atoms with Crippen LogP contribution in [0.25, 0.3) is 21.9 Å². The van der Waals surface area contributed by atoms with E-state index in [9.17, 15) is 14.0 Å². The molecule has 1 aliphatic carbocycles. The number of benzene rings is 2. The van der Waals surface area contributed by atoms with Gasteiger partial charge in [-0.05, 0) is 36.1 Å². The molecule has 1 aliphatic rings. The lowest BCUT2D eigenvalue weighted by Crippen LogP contribution is -2.16. The molecule has 2 atom stereocenters. The van der Waals surface area contributed by atoms with E-state index < -0.39 is 29.9 Å². The van der Waals surface area contributed by atoms with Crippen molar-refractivity contribution < 1.29 is 23.5 Å². The molecule has 154 valence electrons. The van der Waals surface area contributed by atoms with Crippen LogP contribution in [0.2, 0.25) is 10.0 Å². The number of nitrogens with one attached hydrogen (secondary N) is 2. The van der Waals surface area contributed by atoms with E-state index >= 15 is 4.39 Å². The van der Waals surface area contributed by atoms with Gasteiger partial charge in [0.1, 0.15) is 12.0 Å². The summed E-state index contributed by atoms with van der Waals surface area (Å²) in [6.45, 7) is 0. The Morgan fingerprint density at radius 3 is 2.43 bits per heavy atom. The van der Waals surface area contributed by atoms with Crippen LogP contribution >= 0.6 is 23.2 Å². The molecule has 30 heavy (non-hydrogen) atoms. The number of pyridine rings is 1. The lowest BCUT2D eigenvalue weighted by molar-refractivity contribution is -0.117. The smallest absolute Gasteiger partial charge is 0.409 e. The Bertz CT molecular complexity index is 1190. The Morgan fingerprint density at radius 1 is 1.17 bits per heavy atom. The second-order valence-corrected chi connectivity index (χ2v) is 7.59. The first-order chi connectivity index (χ1) is 14.3. The summed E-state index contributed by atoms with van der Waals surface area (Å²) >= 11 is 12.4. The van der Waals surface area contributed by atoms with E-state index in [1.165, 1.54) is 30.5 Å². The fraction of sp³-hybridized carbons (Fsp3) is 0.150. The van der Waals surface area contributed by atoms with Gasteiger partial charge in [-0.3, -0.25) is 10.1 Å². The molecule has 0 spiro atoms. The van der Waals surface area contributed by atoms with E-state index in [1.54, 1.807) is 6.07 Å². The molecule has 2 amide bonds. The van der Waals surface area contributed by atoms with Crippen LogP contribution in [0.3, 0.4) is 0 Å². The largest absolute Gasteiger partial charge is 0.465 e. The van der Waals surface area contributed by atoms with Crippen LogP contribution in [-0.2, 0) is 4.79 Å².